The number of nitrogen functional groups attached to an aromatic ring is 1. The van der Waals surface area contributed by atoms with Crippen molar-refractivity contribution in [1.29, 1.82) is 0 Å². The second kappa shape index (κ2) is 5.31. The van der Waals surface area contributed by atoms with Crippen LogP contribution in [0.4, 0.5) is 11.6 Å². The summed E-state index contributed by atoms with van der Waals surface area (Å²) >= 11 is 0. The lowest BCUT2D eigenvalue weighted by atomic mass is 10.2. The summed E-state index contributed by atoms with van der Waals surface area (Å²) in [7, 11) is 0. The summed E-state index contributed by atoms with van der Waals surface area (Å²) in [6.07, 6.45) is 1.53. The number of nitrogens with two attached hydrogens (primary N) is 1. The van der Waals surface area contributed by atoms with Crippen molar-refractivity contribution in [3.05, 3.63) is 12.4 Å². The van der Waals surface area contributed by atoms with E-state index < -0.39 is 0 Å². The van der Waals surface area contributed by atoms with Crippen LogP contribution in [0.5, 0.6) is 0 Å². The predicted molar refractivity (Wildman–Crippen MR) is 69.9 cm³/mol. The second-order valence-corrected chi connectivity index (χ2v) is 4.98. The fraction of sp³-hybridized carbons (Fsp3) is 0.667. The molecule has 0 spiro atoms. The summed E-state index contributed by atoms with van der Waals surface area (Å²) in [6, 6.07) is 1.85. The van der Waals surface area contributed by atoms with Crippen LogP contribution in [-0.4, -0.2) is 47.6 Å². The minimum atomic E-state index is 0.541. The fourth-order valence-electron chi connectivity index (χ4n) is 2.21. The Balaban J connectivity index is 1.91. The first-order chi connectivity index (χ1) is 8.15. The molecule has 0 amide bonds. The van der Waals surface area contributed by atoms with E-state index >= 15 is 0 Å². The molecule has 1 aromatic rings. The van der Waals surface area contributed by atoms with Crippen LogP contribution < -0.4 is 10.6 Å². The SMILES string of the molecule is CC(C)CN1CCN(c2cc(N)ncn2)CC1. The molecule has 94 valence electrons. The highest BCUT2D eigenvalue weighted by molar-refractivity contribution is 5.46. The number of anilines is 2. The van der Waals surface area contributed by atoms with Crippen LogP contribution in [0, 0.1) is 5.92 Å². The molecule has 0 bridgehead atoms. The van der Waals surface area contributed by atoms with E-state index in [2.05, 4.69) is 33.6 Å². The number of aromatic nitrogens is 2. The highest BCUT2D eigenvalue weighted by Gasteiger charge is 2.18. The number of piperazine rings is 1. The van der Waals surface area contributed by atoms with Gasteiger partial charge in [0.1, 0.15) is 18.0 Å². The topological polar surface area (TPSA) is 58.3 Å². The monoisotopic (exact) mass is 235 g/mol. The van der Waals surface area contributed by atoms with E-state index in [4.69, 9.17) is 5.73 Å². The van der Waals surface area contributed by atoms with E-state index in [1.807, 2.05) is 6.07 Å². The largest absolute Gasteiger partial charge is 0.384 e. The van der Waals surface area contributed by atoms with Gasteiger partial charge in [-0.15, -0.1) is 0 Å². The molecule has 2 rings (SSSR count). The Morgan fingerprint density at radius 1 is 1.24 bits per heavy atom. The van der Waals surface area contributed by atoms with Gasteiger partial charge in [-0.1, -0.05) is 13.8 Å². The number of hydrogen-bond acceptors (Lipinski definition) is 5. The minimum Gasteiger partial charge on any atom is -0.384 e. The highest BCUT2D eigenvalue weighted by Crippen LogP contribution is 2.15. The van der Waals surface area contributed by atoms with Gasteiger partial charge >= 0.3 is 0 Å². The van der Waals surface area contributed by atoms with E-state index in [1.165, 1.54) is 12.9 Å². The first-order valence-electron chi connectivity index (χ1n) is 6.20. The molecule has 0 saturated carbocycles. The van der Waals surface area contributed by atoms with Crippen LogP contribution in [0.3, 0.4) is 0 Å². The number of hydrogen-bond donors (Lipinski definition) is 1. The van der Waals surface area contributed by atoms with Crippen molar-refractivity contribution < 1.29 is 0 Å². The molecule has 1 saturated heterocycles. The first-order valence-corrected chi connectivity index (χ1v) is 6.20. The van der Waals surface area contributed by atoms with Crippen molar-refractivity contribution in [3.8, 4) is 0 Å². The zero-order chi connectivity index (χ0) is 12.3. The lowest BCUT2D eigenvalue weighted by Gasteiger charge is -2.36. The standard InChI is InChI=1S/C12H21N5/c1-10(2)8-16-3-5-17(6-4-16)12-7-11(13)14-9-15-12/h7,9-10H,3-6,8H2,1-2H3,(H2,13,14,15). The molecule has 5 heteroatoms. The van der Waals surface area contributed by atoms with E-state index in [0.29, 0.717) is 5.82 Å². The van der Waals surface area contributed by atoms with Crippen molar-refractivity contribution in [1.82, 2.24) is 14.9 Å². The maximum Gasteiger partial charge on any atom is 0.134 e. The van der Waals surface area contributed by atoms with Crippen LogP contribution in [-0.2, 0) is 0 Å². The summed E-state index contributed by atoms with van der Waals surface area (Å²) in [6.45, 7) is 9.94. The molecule has 1 fully saturated rings. The Morgan fingerprint density at radius 3 is 2.53 bits per heavy atom. The zero-order valence-electron chi connectivity index (χ0n) is 10.6. The average Bonchev–Trinajstić information content (AvgIpc) is 2.29. The molecular formula is C12H21N5. The first kappa shape index (κ1) is 12.1. The predicted octanol–water partition coefficient (Wildman–Crippen LogP) is 0.837. The number of nitrogens with zero attached hydrogens (tertiary/aromatic N) is 4. The molecule has 1 aliphatic rings. The third-order valence-corrected chi connectivity index (χ3v) is 2.99. The maximum atomic E-state index is 5.67. The Hall–Kier alpha value is -1.36. The van der Waals surface area contributed by atoms with Gasteiger partial charge in [0.2, 0.25) is 0 Å². The summed E-state index contributed by atoms with van der Waals surface area (Å²) in [5.74, 6) is 2.22. The normalized spacial score (nSPS) is 17.7. The van der Waals surface area contributed by atoms with Gasteiger partial charge in [0.05, 0.1) is 0 Å². The third kappa shape index (κ3) is 3.30. The van der Waals surface area contributed by atoms with Crippen molar-refractivity contribution in [3.63, 3.8) is 0 Å². The molecule has 0 aliphatic carbocycles. The summed E-state index contributed by atoms with van der Waals surface area (Å²) < 4.78 is 0. The van der Waals surface area contributed by atoms with Gasteiger partial charge in [-0.25, -0.2) is 9.97 Å². The molecule has 0 unspecified atom stereocenters. The highest BCUT2D eigenvalue weighted by atomic mass is 15.3. The summed E-state index contributed by atoms with van der Waals surface area (Å²) in [4.78, 5) is 13.0. The van der Waals surface area contributed by atoms with E-state index in [1.54, 1.807) is 0 Å². The van der Waals surface area contributed by atoms with Crippen molar-refractivity contribution in [2.24, 2.45) is 5.92 Å². The van der Waals surface area contributed by atoms with Crippen molar-refractivity contribution >= 4 is 11.6 Å². The van der Waals surface area contributed by atoms with E-state index in [-0.39, 0.29) is 0 Å². The van der Waals surface area contributed by atoms with Gasteiger partial charge in [0.25, 0.3) is 0 Å². The lowest BCUT2D eigenvalue weighted by molar-refractivity contribution is 0.231. The Kier molecular flexibility index (Phi) is 3.78. The van der Waals surface area contributed by atoms with E-state index in [0.717, 1.165) is 37.9 Å². The molecule has 5 nitrogen and oxygen atoms in total. The molecule has 0 radical (unpaired) electrons. The summed E-state index contributed by atoms with van der Waals surface area (Å²) in [5.41, 5.74) is 5.67. The average molecular weight is 235 g/mol. The van der Waals surface area contributed by atoms with Gasteiger partial charge in [-0.05, 0) is 5.92 Å². The Labute approximate surface area is 103 Å². The molecule has 2 N–H and O–H groups in total. The van der Waals surface area contributed by atoms with Gasteiger partial charge in [-0.3, -0.25) is 4.90 Å². The number of rotatable bonds is 3. The van der Waals surface area contributed by atoms with Crippen LogP contribution in [0.25, 0.3) is 0 Å². The fourth-order valence-corrected chi connectivity index (χ4v) is 2.21. The van der Waals surface area contributed by atoms with Gasteiger partial charge in [0.15, 0.2) is 0 Å². The van der Waals surface area contributed by atoms with Gasteiger partial charge in [0, 0.05) is 38.8 Å². The molecule has 2 heterocycles. The van der Waals surface area contributed by atoms with Crippen LogP contribution in [0.15, 0.2) is 12.4 Å². The van der Waals surface area contributed by atoms with Gasteiger partial charge in [-0.2, -0.15) is 0 Å². The molecule has 0 atom stereocenters. The van der Waals surface area contributed by atoms with Crippen LogP contribution >= 0.6 is 0 Å². The Morgan fingerprint density at radius 2 is 1.94 bits per heavy atom. The zero-order valence-corrected chi connectivity index (χ0v) is 10.6. The van der Waals surface area contributed by atoms with Crippen molar-refractivity contribution in [2.45, 2.75) is 13.8 Å². The smallest absolute Gasteiger partial charge is 0.134 e. The lowest BCUT2D eigenvalue weighted by Crippen LogP contribution is -2.47. The van der Waals surface area contributed by atoms with E-state index in [9.17, 15) is 0 Å². The molecular weight excluding hydrogens is 214 g/mol. The third-order valence-electron chi connectivity index (χ3n) is 2.99. The minimum absolute atomic E-state index is 0.541. The maximum absolute atomic E-state index is 5.67. The quantitative estimate of drug-likeness (QED) is 0.841. The van der Waals surface area contributed by atoms with Gasteiger partial charge < -0.3 is 10.6 Å². The van der Waals surface area contributed by atoms with Crippen LogP contribution in [0.1, 0.15) is 13.8 Å². The molecule has 1 aromatic heterocycles. The molecule has 17 heavy (non-hydrogen) atoms. The molecule has 0 aromatic carbocycles. The van der Waals surface area contributed by atoms with Crippen molar-refractivity contribution in [2.75, 3.05) is 43.4 Å². The summed E-state index contributed by atoms with van der Waals surface area (Å²) in [5, 5.41) is 0. The molecule has 1 aliphatic heterocycles. The second-order valence-electron chi connectivity index (χ2n) is 4.98. The van der Waals surface area contributed by atoms with Crippen LogP contribution in [0.2, 0.25) is 0 Å². The Bertz CT molecular complexity index is 358.